The first-order valence-corrected chi connectivity index (χ1v) is 6.85. The molecule has 1 aromatic carbocycles. The highest BCUT2D eigenvalue weighted by molar-refractivity contribution is 7.09. The van der Waals surface area contributed by atoms with Gasteiger partial charge >= 0.3 is 0 Å². The van der Waals surface area contributed by atoms with Crippen LogP contribution in [-0.4, -0.2) is 11.5 Å². The average Bonchev–Trinajstić information content (AvgIpc) is 2.83. The molecule has 0 saturated heterocycles. The summed E-state index contributed by atoms with van der Waals surface area (Å²) < 4.78 is 0. The second-order valence-corrected chi connectivity index (χ2v) is 5.12. The van der Waals surface area contributed by atoms with Crippen LogP contribution in [0.15, 0.2) is 29.8 Å². The van der Waals surface area contributed by atoms with E-state index < -0.39 is 0 Å². The van der Waals surface area contributed by atoms with Gasteiger partial charge in [-0.1, -0.05) is 25.1 Å². The van der Waals surface area contributed by atoms with Crippen LogP contribution in [0.3, 0.4) is 0 Å². The second-order valence-electron chi connectivity index (χ2n) is 4.14. The first-order valence-electron chi connectivity index (χ1n) is 5.97. The quantitative estimate of drug-likeness (QED) is 0.876. The van der Waals surface area contributed by atoms with Crippen molar-refractivity contribution in [2.45, 2.75) is 26.8 Å². The Hall–Kier alpha value is -1.19. The Kier molecular flexibility index (Phi) is 4.29. The minimum absolute atomic E-state index is 0.946. The molecule has 0 radical (unpaired) electrons. The summed E-state index contributed by atoms with van der Waals surface area (Å²) >= 11 is 1.72. The monoisotopic (exact) mass is 246 g/mol. The molecule has 0 amide bonds. The first kappa shape index (κ1) is 12.3. The van der Waals surface area contributed by atoms with Crippen molar-refractivity contribution in [3.63, 3.8) is 0 Å². The third-order valence-corrected chi connectivity index (χ3v) is 3.60. The van der Waals surface area contributed by atoms with E-state index in [0.717, 1.165) is 19.5 Å². The van der Waals surface area contributed by atoms with E-state index in [4.69, 9.17) is 0 Å². The van der Waals surface area contributed by atoms with Crippen LogP contribution in [0.1, 0.15) is 28.6 Å². The van der Waals surface area contributed by atoms with Crippen molar-refractivity contribution in [2.24, 2.45) is 0 Å². The predicted octanol–water partition coefficient (Wildman–Crippen LogP) is 3.15. The van der Waals surface area contributed by atoms with Crippen LogP contribution >= 0.6 is 11.3 Å². The maximum atomic E-state index is 4.35. The predicted molar refractivity (Wildman–Crippen MR) is 73.5 cm³/mol. The fourth-order valence-corrected chi connectivity index (χ4v) is 2.44. The summed E-state index contributed by atoms with van der Waals surface area (Å²) in [6.45, 7) is 6.25. The molecule has 0 aliphatic heterocycles. The van der Waals surface area contributed by atoms with Gasteiger partial charge in [-0.05, 0) is 30.2 Å². The van der Waals surface area contributed by atoms with Crippen molar-refractivity contribution >= 4 is 11.3 Å². The third kappa shape index (κ3) is 3.38. The third-order valence-electron chi connectivity index (χ3n) is 2.82. The van der Waals surface area contributed by atoms with E-state index >= 15 is 0 Å². The van der Waals surface area contributed by atoms with Gasteiger partial charge in [0.25, 0.3) is 0 Å². The Morgan fingerprint density at radius 2 is 2.24 bits per heavy atom. The minimum atomic E-state index is 0.946. The summed E-state index contributed by atoms with van der Waals surface area (Å²) in [5.41, 5.74) is 4.08. The maximum Gasteiger partial charge on any atom is 0.0968 e. The molecule has 1 N–H and O–H groups in total. The number of benzene rings is 1. The largest absolute Gasteiger partial charge is 0.313 e. The minimum Gasteiger partial charge on any atom is -0.313 e. The van der Waals surface area contributed by atoms with Gasteiger partial charge in [-0.15, -0.1) is 11.3 Å². The van der Waals surface area contributed by atoms with Crippen molar-refractivity contribution in [3.05, 3.63) is 51.5 Å². The van der Waals surface area contributed by atoms with E-state index in [1.807, 2.05) is 11.6 Å². The molecule has 17 heavy (non-hydrogen) atoms. The van der Waals surface area contributed by atoms with Crippen molar-refractivity contribution < 1.29 is 0 Å². The Bertz CT molecular complexity index is 463. The lowest BCUT2D eigenvalue weighted by Gasteiger charge is -2.08. The van der Waals surface area contributed by atoms with Gasteiger partial charge in [-0.3, -0.25) is 0 Å². The molecule has 0 spiro atoms. The van der Waals surface area contributed by atoms with Crippen molar-refractivity contribution in [2.75, 3.05) is 6.54 Å². The van der Waals surface area contributed by atoms with Crippen LogP contribution < -0.4 is 5.32 Å². The molecule has 0 unspecified atom stereocenters. The molecule has 2 rings (SSSR count). The number of aromatic nitrogens is 1. The van der Waals surface area contributed by atoms with Crippen LogP contribution in [-0.2, 0) is 13.0 Å². The van der Waals surface area contributed by atoms with Crippen LogP contribution in [0.2, 0.25) is 0 Å². The smallest absolute Gasteiger partial charge is 0.0968 e. The van der Waals surface area contributed by atoms with Gasteiger partial charge in [0, 0.05) is 24.5 Å². The number of hydrogen-bond donors (Lipinski definition) is 1. The second kappa shape index (κ2) is 5.94. The molecular weight excluding hydrogens is 228 g/mol. The highest BCUT2D eigenvalue weighted by atomic mass is 32.1. The van der Waals surface area contributed by atoms with Gasteiger partial charge < -0.3 is 5.32 Å². The van der Waals surface area contributed by atoms with Gasteiger partial charge in [0.2, 0.25) is 0 Å². The Morgan fingerprint density at radius 1 is 1.35 bits per heavy atom. The van der Waals surface area contributed by atoms with Gasteiger partial charge in [-0.2, -0.15) is 0 Å². The highest BCUT2D eigenvalue weighted by Crippen LogP contribution is 2.17. The van der Waals surface area contributed by atoms with Crippen LogP contribution in [0, 0.1) is 6.92 Å². The fourth-order valence-electron chi connectivity index (χ4n) is 1.80. The summed E-state index contributed by atoms with van der Waals surface area (Å²) in [6.07, 6.45) is 2.82. The number of hydrogen-bond acceptors (Lipinski definition) is 3. The molecule has 2 nitrogen and oxygen atoms in total. The van der Waals surface area contributed by atoms with E-state index in [1.54, 1.807) is 11.3 Å². The lowest BCUT2D eigenvalue weighted by atomic mass is 10.0. The lowest BCUT2D eigenvalue weighted by Crippen LogP contribution is -2.12. The van der Waals surface area contributed by atoms with Crippen molar-refractivity contribution in [1.82, 2.24) is 10.3 Å². The van der Waals surface area contributed by atoms with E-state index in [-0.39, 0.29) is 0 Å². The first-order chi connectivity index (χ1) is 8.29. The zero-order valence-electron chi connectivity index (χ0n) is 10.4. The number of nitrogens with one attached hydrogen (secondary N) is 1. The Morgan fingerprint density at radius 3 is 2.94 bits per heavy atom. The molecule has 0 bridgehead atoms. The average molecular weight is 246 g/mol. The molecule has 1 aromatic heterocycles. The summed E-state index contributed by atoms with van der Waals surface area (Å²) in [6, 6.07) is 6.69. The van der Waals surface area contributed by atoms with E-state index in [2.05, 4.69) is 42.3 Å². The summed E-state index contributed by atoms with van der Waals surface area (Å²) in [7, 11) is 0. The molecule has 0 aliphatic rings. The molecule has 90 valence electrons. The van der Waals surface area contributed by atoms with Gasteiger partial charge in [0.05, 0.1) is 5.01 Å². The molecule has 3 heteroatoms. The molecule has 1 heterocycles. The van der Waals surface area contributed by atoms with Crippen molar-refractivity contribution in [3.8, 4) is 0 Å². The topological polar surface area (TPSA) is 24.9 Å². The van der Waals surface area contributed by atoms with Gasteiger partial charge in [0.1, 0.15) is 0 Å². The molecule has 0 aliphatic carbocycles. The maximum absolute atomic E-state index is 4.35. The molecule has 0 fully saturated rings. The zero-order chi connectivity index (χ0) is 12.1. The summed E-state index contributed by atoms with van der Waals surface area (Å²) in [5.74, 6) is 0. The van der Waals surface area contributed by atoms with Crippen LogP contribution in [0.4, 0.5) is 0 Å². The van der Waals surface area contributed by atoms with Crippen LogP contribution in [0.25, 0.3) is 0 Å². The number of thiazole rings is 1. The Balaban J connectivity index is 2.14. The van der Waals surface area contributed by atoms with Crippen molar-refractivity contribution in [1.29, 1.82) is 0 Å². The Labute approximate surface area is 107 Å². The molecule has 0 atom stereocenters. The van der Waals surface area contributed by atoms with E-state index in [0.29, 0.717) is 0 Å². The number of aryl methyl sites for hydroxylation is 1. The summed E-state index contributed by atoms with van der Waals surface area (Å²) in [5, 5.41) is 6.58. The van der Waals surface area contributed by atoms with Crippen LogP contribution in [0.5, 0.6) is 0 Å². The highest BCUT2D eigenvalue weighted by Gasteiger charge is 2.03. The van der Waals surface area contributed by atoms with Gasteiger partial charge in [0.15, 0.2) is 0 Å². The van der Waals surface area contributed by atoms with Gasteiger partial charge in [-0.25, -0.2) is 4.98 Å². The summed E-state index contributed by atoms with van der Waals surface area (Å²) in [4.78, 5) is 4.35. The van der Waals surface area contributed by atoms with E-state index in [9.17, 15) is 0 Å². The number of rotatable bonds is 5. The SMILES string of the molecule is CCNCc1ccc(C)c(Cc2nccs2)c1. The molecular formula is C14H18N2S. The fraction of sp³-hybridized carbons (Fsp3) is 0.357. The molecule has 2 aromatic rings. The zero-order valence-corrected chi connectivity index (χ0v) is 11.2. The number of nitrogens with zero attached hydrogens (tertiary/aromatic N) is 1. The standard InChI is InChI=1S/C14H18N2S/c1-3-15-10-12-5-4-11(2)13(8-12)9-14-16-6-7-17-14/h4-8,15H,3,9-10H2,1-2H3. The van der Waals surface area contributed by atoms with E-state index in [1.165, 1.54) is 21.7 Å². The molecule has 0 saturated carbocycles. The normalized spacial score (nSPS) is 10.7. The lowest BCUT2D eigenvalue weighted by molar-refractivity contribution is 0.726.